The number of nitrogens with zero attached hydrogens (tertiary/aromatic N) is 4. The fraction of sp³-hybridized carbons (Fsp3) is 0.353. The monoisotopic (exact) mass is 359 g/mol. The van der Waals surface area contributed by atoms with Gasteiger partial charge in [-0.1, -0.05) is 0 Å². The molecule has 2 aromatic rings. The average Bonchev–Trinajstić information content (AvgIpc) is 2.68. The summed E-state index contributed by atoms with van der Waals surface area (Å²) in [6.45, 7) is 3.24. The summed E-state index contributed by atoms with van der Waals surface area (Å²) >= 11 is 5.57. The molecule has 8 heteroatoms. The lowest BCUT2D eigenvalue weighted by atomic mass is 10.2. The lowest BCUT2D eigenvalue weighted by Crippen LogP contribution is -2.50. The molecule has 0 saturated carbocycles. The number of aromatic nitrogens is 2. The van der Waals surface area contributed by atoms with Gasteiger partial charge in [-0.3, -0.25) is 0 Å². The van der Waals surface area contributed by atoms with E-state index in [1.54, 1.807) is 26.6 Å². The SMILES string of the molecule is COc1ccc(OC)c(NC(=S)N2CCN(c3ncccn3)CC2)c1. The van der Waals surface area contributed by atoms with Gasteiger partial charge in [0.15, 0.2) is 5.11 Å². The summed E-state index contributed by atoms with van der Waals surface area (Å²) in [4.78, 5) is 12.9. The Hall–Kier alpha value is -2.61. The van der Waals surface area contributed by atoms with Crippen molar-refractivity contribution in [3.8, 4) is 11.5 Å². The molecule has 1 aliphatic rings. The molecular weight excluding hydrogens is 338 g/mol. The van der Waals surface area contributed by atoms with Crippen LogP contribution < -0.4 is 19.7 Å². The van der Waals surface area contributed by atoms with E-state index in [-0.39, 0.29) is 0 Å². The standard InChI is InChI=1S/C17H21N5O2S/c1-23-13-4-5-15(24-2)14(12-13)20-17(25)22-10-8-21(9-11-22)16-18-6-3-7-19-16/h3-7,12H,8-11H2,1-2H3,(H,20,25). The van der Waals surface area contributed by atoms with Crippen LogP contribution in [-0.2, 0) is 0 Å². The maximum absolute atomic E-state index is 5.57. The number of ether oxygens (including phenoxy) is 2. The molecule has 1 N–H and O–H groups in total. The van der Waals surface area contributed by atoms with Crippen LogP contribution in [0.15, 0.2) is 36.7 Å². The van der Waals surface area contributed by atoms with Gasteiger partial charge in [-0.05, 0) is 30.4 Å². The number of benzene rings is 1. The lowest BCUT2D eigenvalue weighted by Gasteiger charge is -2.36. The van der Waals surface area contributed by atoms with Gasteiger partial charge in [0.2, 0.25) is 5.95 Å². The van der Waals surface area contributed by atoms with E-state index in [0.29, 0.717) is 5.11 Å². The number of piperazine rings is 1. The van der Waals surface area contributed by atoms with Crippen molar-refractivity contribution in [3.63, 3.8) is 0 Å². The van der Waals surface area contributed by atoms with Crippen LogP contribution in [0.3, 0.4) is 0 Å². The molecule has 1 aliphatic heterocycles. The Kier molecular flexibility index (Phi) is 5.49. The van der Waals surface area contributed by atoms with E-state index in [1.807, 2.05) is 24.3 Å². The highest BCUT2D eigenvalue weighted by Gasteiger charge is 2.21. The third-order valence-electron chi connectivity index (χ3n) is 4.05. The molecule has 1 fully saturated rings. The zero-order valence-electron chi connectivity index (χ0n) is 14.3. The van der Waals surface area contributed by atoms with Crippen LogP contribution in [0.4, 0.5) is 11.6 Å². The topological polar surface area (TPSA) is 62.8 Å². The molecule has 0 atom stereocenters. The highest BCUT2D eigenvalue weighted by atomic mass is 32.1. The van der Waals surface area contributed by atoms with Crippen LogP contribution >= 0.6 is 12.2 Å². The average molecular weight is 359 g/mol. The van der Waals surface area contributed by atoms with Crippen molar-refractivity contribution >= 4 is 29.0 Å². The minimum atomic E-state index is 0.667. The highest BCUT2D eigenvalue weighted by Crippen LogP contribution is 2.29. The first-order valence-electron chi connectivity index (χ1n) is 8.01. The van der Waals surface area contributed by atoms with Crippen molar-refractivity contribution < 1.29 is 9.47 Å². The molecule has 1 aromatic heterocycles. The molecule has 0 unspecified atom stereocenters. The second kappa shape index (κ2) is 7.98. The number of rotatable bonds is 4. The number of methoxy groups -OCH3 is 2. The first kappa shape index (κ1) is 17.2. The summed E-state index contributed by atoms with van der Waals surface area (Å²) in [6, 6.07) is 7.40. The number of hydrogen-bond donors (Lipinski definition) is 1. The van der Waals surface area contributed by atoms with Gasteiger partial charge >= 0.3 is 0 Å². The van der Waals surface area contributed by atoms with Gasteiger partial charge in [-0.2, -0.15) is 0 Å². The van der Waals surface area contributed by atoms with Crippen LogP contribution in [0, 0.1) is 0 Å². The van der Waals surface area contributed by atoms with E-state index >= 15 is 0 Å². The van der Waals surface area contributed by atoms with Crippen molar-refractivity contribution in [1.82, 2.24) is 14.9 Å². The third kappa shape index (κ3) is 4.08. The Labute approximate surface area is 152 Å². The van der Waals surface area contributed by atoms with Crippen LogP contribution in [0.5, 0.6) is 11.5 Å². The van der Waals surface area contributed by atoms with Crippen molar-refractivity contribution in [2.45, 2.75) is 0 Å². The van der Waals surface area contributed by atoms with E-state index in [2.05, 4.69) is 25.1 Å². The van der Waals surface area contributed by atoms with Crippen molar-refractivity contribution in [1.29, 1.82) is 0 Å². The molecule has 0 radical (unpaired) electrons. The Bertz CT molecular complexity index is 720. The Balaban J connectivity index is 1.62. The maximum Gasteiger partial charge on any atom is 0.225 e. The number of hydrogen-bond acceptors (Lipinski definition) is 6. The lowest BCUT2D eigenvalue weighted by molar-refractivity contribution is 0.387. The zero-order valence-corrected chi connectivity index (χ0v) is 15.1. The van der Waals surface area contributed by atoms with Gasteiger partial charge in [0.1, 0.15) is 11.5 Å². The number of nitrogens with one attached hydrogen (secondary N) is 1. The van der Waals surface area contributed by atoms with Gasteiger partial charge in [-0.25, -0.2) is 9.97 Å². The van der Waals surface area contributed by atoms with E-state index in [4.69, 9.17) is 21.7 Å². The van der Waals surface area contributed by atoms with Gasteiger partial charge in [0.25, 0.3) is 0 Å². The molecule has 0 bridgehead atoms. The fourth-order valence-corrected chi connectivity index (χ4v) is 2.96. The molecule has 1 aromatic carbocycles. The fourth-order valence-electron chi connectivity index (χ4n) is 2.67. The molecule has 1 saturated heterocycles. The summed E-state index contributed by atoms with van der Waals surface area (Å²) in [5, 5.41) is 3.93. The van der Waals surface area contributed by atoms with Crippen LogP contribution in [0.1, 0.15) is 0 Å². The van der Waals surface area contributed by atoms with Gasteiger partial charge in [-0.15, -0.1) is 0 Å². The minimum absolute atomic E-state index is 0.667. The van der Waals surface area contributed by atoms with Crippen molar-refractivity contribution in [2.24, 2.45) is 0 Å². The molecule has 3 rings (SSSR count). The summed E-state index contributed by atoms with van der Waals surface area (Å²) in [7, 11) is 3.27. The minimum Gasteiger partial charge on any atom is -0.497 e. The predicted molar refractivity (Wildman–Crippen MR) is 102 cm³/mol. The summed E-state index contributed by atoms with van der Waals surface area (Å²) < 4.78 is 10.7. The van der Waals surface area contributed by atoms with Crippen molar-refractivity contribution in [3.05, 3.63) is 36.7 Å². The normalized spacial score (nSPS) is 14.2. The van der Waals surface area contributed by atoms with Crippen LogP contribution in [0.2, 0.25) is 0 Å². The van der Waals surface area contributed by atoms with Crippen LogP contribution in [0.25, 0.3) is 0 Å². The highest BCUT2D eigenvalue weighted by molar-refractivity contribution is 7.80. The van der Waals surface area contributed by atoms with Gasteiger partial charge < -0.3 is 24.6 Å². The first-order chi connectivity index (χ1) is 12.2. The molecule has 0 amide bonds. The summed E-state index contributed by atoms with van der Waals surface area (Å²) in [6.07, 6.45) is 3.52. The van der Waals surface area contributed by atoms with Gasteiger partial charge in [0.05, 0.1) is 19.9 Å². The zero-order chi connectivity index (χ0) is 17.6. The van der Waals surface area contributed by atoms with Crippen LogP contribution in [-0.4, -0.2) is 60.4 Å². The quantitative estimate of drug-likeness (QED) is 0.832. The Morgan fingerprint density at radius 1 is 1.08 bits per heavy atom. The molecule has 25 heavy (non-hydrogen) atoms. The number of anilines is 2. The molecule has 7 nitrogen and oxygen atoms in total. The maximum atomic E-state index is 5.57. The Morgan fingerprint density at radius 3 is 2.44 bits per heavy atom. The second-order valence-corrected chi connectivity index (χ2v) is 5.91. The second-order valence-electron chi connectivity index (χ2n) is 5.52. The molecule has 2 heterocycles. The molecule has 132 valence electrons. The predicted octanol–water partition coefficient (Wildman–Crippen LogP) is 2.01. The summed E-state index contributed by atoms with van der Waals surface area (Å²) in [5.41, 5.74) is 0.792. The van der Waals surface area contributed by atoms with E-state index in [9.17, 15) is 0 Å². The van der Waals surface area contributed by atoms with E-state index in [1.165, 1.54) is 0 Å². The number of thiocarbonyl (C=S) groups is 1. The largest absolute Gasteiger partial charge is 0.497 e. The first-order valence-corrected chi connectivity index (χ1v) is 8.42. The molecular formula is C17H21N5O2S. The van der Waals surface area contributed by atoms with Gasteiger partial charge in [0, 0.05) is 44.6 Å². The Morgan fingerprint density at radius 2 is 1.80 bits per heavy atom. The molecule has 0 spiro atoms. The van der Waals surface area contributed by atoms with E-state index in [0.717, 1.165) is 49.3 Å². The van der Waals surface area contributed by atoms with E-state index < -0.39 is 0 Å². The molecule has 0 aliphatic carbocycles. The smallest absolute Gasteiger partial charge is 0.225 e. The third-order valence-corrected chi connectivity index (χ3v) is 4.41. The summed E-state index contributed by atoms with van der Waals surface area (Å²) in [5.74, 6) is 2.23. The van der Waals surface area contributed by atoms with Crippen molar-refractivity contribution in [2.75, 3.05) is 50.6 Å².